The Hall–Kier alpha value is -7.50. The molecule has 5 nitrogen and oxygen atoms in total. The minimum Gasteiger partial charge on any atom is -0.452 e. The van der Waals surface area contributed by atoms with E-state index in [1.807, 2.05) is 36.4 Å². The molecular formula is C50H28N4O. The second kappa shape index (κ2) is 10.6. The molecule has 0 radical (unpaired) electrons. The fourth-order valence-electron chi connectivity index (χ4n) is 9.32. The molecule has 0 aliphatic rings. The maximum atomic E-state index is 6.38. The van der Waals surface area contributed by atoms with Crippen LogP contribution in [-0.2, 0) is 0 Å². The molecule has 0 unspecified atom stereocenters. The Kier molecular flexibility index (Phi) is 5.57. The van der Waals surface area contributed by atoms with Crippen molar-refractivity contribution in [1.29, 1.82) is 0 Å². The zero-order chi connectivity index (χ0) is 35.8. The first kappa shape index (κ1) is 29.0. The predicted molar refractivity (Wildman–Crippen MR) is 227 cm³/mol. The first-order valence-electron chi connectivity index (χ1n) is 18.7. The van der Waals surface area contributed by atoms with Crippen LogP contribution in [0, 0.1) is 0 Å². The third-order valence-electron chi connectivity index (χ3n) is 11.6. The van der Waals surface area contributed by atoms with Crippen LogP contribution in [0.1, 0.15) is 0 Å². The fourth-order valence-corrected chi connectivity index (χ4v) is 9.32. The van der Waals surface area contributed by atoms with Gasteiger partial charge in [-0.05, 0) is 71.4 Å². The zero-order valence-corrected chi connectivity index (χ0v) is 29.4. The lowest BCUT2D eigenvalue weighted by atomic mass is 9.99. The fraction of sp³-hybridized carbons (Fsp3) is 0. The van der Waals surface area contributed by atoms with Crippen molar-refractivity contribution in [3.63, 3.8) is 0 Å². The number of nitrogens with zero attached hydrogens (tertiary/aromatic N) is 4. The monoisotopic (exact) mass is 700 g/mol. The van der Waals surface area contributed by atoms with E-state index in [4.69, 9.17) is 14.4 Å². The Balaban J connectivity index is 1.11. The van der Waals surface area contributed by atoms with Crippen molar-refractivity contribution < 1.29 is 4.42 Å². The summed E-state index contributed by atoms with van der Waals surface area (Å²) >= 11 is 0. The molecule has 5 aromatic heterocycles. The van der Waals surface area contributed by atoms with Crippen LogP contribution in [0.5, 0.6) is 0 Å². The molecule has 0 aliphatic heterocycles. The summed E-state index contributed by atoms with van der Waals surface area (Å²) < 4.78 is 11.3. The van der Waals surface area contributed by atoms with Crippen molar-refractivity contribution in [2.75, 3.05) is 0 Å². The molecule has 0 saturated heterocycles. The van der Waals surface area contributed by atoms with Crippen LogP contribution >= 0.6 is 0 Å². The molecule has 0 aliphatic carbocycles. The van der Waals surface area contributed by atoms with Crippen molar-refractivity contribution in [3.05, 3.63) is 170 Å². The molecule has 8 aromatic carbocycles. The van der Waals surface area contributed by atoms with Gasteiger partial charge in [-0.1, -0.05) is 109 Å². The second-order valence-electron chi connectivity index (χ2n) is 14.5. The molecule has 55 heavy (non-hydrogen) atoms. The molecule has 0 atom stereocenters. The summed E-state index contributed by atoms with van der Waals surface area (Å²) in [4.78, 5) is 10.3. The highest BCUT2D eigenvalue weighted by Crippen LogP contribution is 2.48. The Labute approximate surface area is 313 Å². The first-order chi connectivity index (χ1) is 27.3. The van der Waals surface area contributed by atoms with E-state index in [-0.39, 0.29) is 0 Å². The highest BCUT2D eigenvalue weighted by molar-refractivity contribution is 6.38. The van der Waals surface area contributed by atoms with Gasteiger partial charge in [-0.2, -0.15) is 0 Å². The number of benzene rings is 8. The molecule has 0 fully saturated rings. The van der Waals surface area contributed by atoms with Crippen molar-refractivity contribution in [2.24, 2.45) is 0 Å². The van der Waals surface area contributed by atoms with Gasteiger partial charge in [0.05, 0.1) is 27.6 Å². The van der Waals surface area contributed by atoms with Crippen LogP contribution < -0.4 is 0 Å². The summed E-state index contributed by atoms with van der Waals surface area (Å²) in [5, 5.41) is 11.1. The van der Waals surface area contributed by atoms with Gasteiger partial charge in [0.1, 0.15) is 16.8 Å². The topological polar surface area (TPSA) is 48.3 Å². The molecule has 0 N–H and O–H groups in total. The summed E-state index contributed by atoms with van der Waals surface area (Å²) in [6.07, 6.45) is 0. The Morgan fingerprint density at radius 3 is 1.96 bits per heavy atom. The van der Waals surface area contributed by atoms with Crippen molar-refractivity contribution in [3.8, 4) is 28.3 Å². The van der Waals surface area contributed by atoms with Gasteiger partial charge in [0.25, 0.3) is 0 Å². The summed E-state index contributed by atoms with van der Waals surface area (Å²) in [5.41, 5.74) is 12.3. The molecule has 0 saturated carbocycles. The van der Waals surface area contributed by atoms with E-state index in [2.05, 4.69) is 142 Å². The Morgan fingerprint density at radius 1 is 0.436 bits per heavy atom. The van der Waals surface area contributed by atoms with Crippen LogP contribution in [0.3, 0.4) is 0 Å². The maximum Gasteiger partial charge on any atom is 0.180 e. The quantitative estimate of drug-likeness (QED) is 0.184. The Morgan fingerprint density at radius 2 is 1.13 bits per heavy atom. The van der Waals surface area contributed by atoms with E-state index in [0.29, 0.717) is 11.4 Å². The first-order valence-corrected chi connectivity index (χ1v) is 18.7. The van der Waals surface area contributed by atoms with Crippen molar-refractivity contribution in [1.82, 2.24) is 18.9 Å². The van der Waals surface area contributed by atoms with Crippen LogP contribution in [0.4, 0.5) is 0 Å². The van der Waals surface area contributed by atoms with E-state index in [1.54, 1.807) is 0 Å². The summed E-state index contributed by atoms with van der Waals surface area (Å²) in [6.45, 7) is 0. The van der Waals surface area contributed by atoms with Crippen molar-refractivity contribution >= 4 is 92.7 Å². The van der Waals surface area contributed by atoms with Gasteiger partial charge in [0, 0.05) is 54.5 Å². The van der Waals surface area contributed by atoms with E-state index in [9.17, 15) is 0 Å². The standard InChI is InChI=1S/C50H28N4O/c1-2-13-30(14-3-1)46-49-47(36-18-8-11-21-42(36)55-49)52-50(51-46)31-22-25-32(26-23-31)53-40-27-24-29-12-4-5-15-33(29)43(40)45-41(53)28-37-34-16-6-9-19-38(34)54-39-20-10-7-17-35(39)44(45)48(37)54/h1-28H. The SMILES string of the molecule is c1ccc(-c2nc(-c3ccc(-n4c5ccc6ccccc6c5c5c6c7ccccc7n7c8ccccc8c(cc54)c67)cc3)nc3c2oc2ccccc23)cc1. The number of para-hydroxylation sites is 3. The van der Waals surface area contributed by atoms with Crippen LogP contribution in [0.15, 0.2) is 174 Å². The highest BCUT2D eigenvalue weighted by atomic mass is 16.3. The highest BCUT2D eigenvalue weighted by Gasteiger charge is 2.25. The third-order valence-corrected chi connectivity index (χ3v) is 11.6. The lowest BCUT2D eigenvalue weighted by molar-refractivity contribution is 0.667. The molecule has 0 bridgehead atoms. The number of hydrogen-bond acceptors (Lipinski definition) is 3. The number of aromatic nitrogens is 4. The van der Waals surface area contributed by atoms with Gasteiger partial charge < -0.3 is 13.4 Å². The van der Waals surface area contributed by atoms with Crippen molar-refractivity contribution in [2.45, 2.75) is 0 Å². The van der Waals surface area contributed by atoms with Crippen LogP contribution in [0.25, 0.3) is 121 Å². The maximum absolute atomic E-state index is 6.38. The third kappa shape index (κ3) is 3.81. The molecule has 13 rings (SSSR count). The molecule has 0 spiro atoms. The van der Waals surface area contributed by atoms with Gasteiger partial charge in [0.15, 0.2) is 11.4 Å². The van der Waals surface area contributed by atoms with Crippen LogP contribution in [0.2, 0.25) is 0 Å². The van der Waals surface area contributed by atoms with Crippen LogP contribution in [-0.4, -0.2) is 18.9 Å². The smallest absolute Gasteiger partial charge is 0.180 e. The largest absolute Gasteiger partial charge is 0.452 e. The predicted octanol–water partition coefficient (Wildman–Crippen LogP) is 13.1. The molecular weight excluding hydrogens is 673 g/mol. The minimum absolute atomic E-state index is 0.664. The molecule has 5 heteroatoms. The number of fused-ring (bicyclic) bond motifs is 15. The summed E-state index contributed by atoms with van der Waals surface area (Å²) in [7, 11) is 0. The molecule has 13 aromatic rings. The van der Waals surface area contributed by atoms with Gasteiger partial charge in [-0.25, -0.2) is 9.97 Å². The van der Waals surface area contributed by atoms with Gasteiger partial charge in [-0.15, -0.1) is 0 Å². The minimum atomic E-state index is 0.664. The average molecular weight is 701 g/mol. The van der Waals surface area contributed by atoms with E-state index < -0.39 is 0 Å². The average Bonchev–Trinajstić information content (AvgIpc) is 3.99. The van der Waals surface area contributed by atoms with Gasteiger partial charge in [0.2, 0.25) is 0 Å². The number of rotatable bonds is 3. The van der Waals surface area contributed by atoms with E-state index in [0.717, 1.165) is 39.0 Å². The molecule has 0 amide bonds. The molecule has 5 heterocycles. The molecule has 254 valence electrons. The van der Waals surface area contributed by atoms with Gasteiger partial charge in [-0.3, -0.25) is 0 Å². The normalized spacial score (nSPS) is 12.4. The van der Waals surface area contributed by atoms with E-state index >= 15 is 0 Å². The lowest BCUT2D eigenvalue weighted by Crippen LogP contribution is -1.96. The van der Waals surface area contributed by atoms with E-state index in [1.165, 1.54) is 70.7 Å². The van der Waals surface area contributed by atoms with Gasteiger partial charge >= 0.3 is 0 Å². The Bertz CT molecular complexity index is 3700. The summed E-state index contributed by atoms with van der Waals surface area (Å²) in [6, 6.07) is 60.5. The summed E-state index contributed by atoms with van der Waals surface area (Å²) in [5.74, 6) is 0.664. The zero-order valence-electron chi connectivity index (χ0n) is 29.4. The lowest BCUT2D eigenvalue weighted by Gasteiger charge is -2.10. The second-order valence-corrected chi connectivity index (χ2v) is 14.5. The number of hydrogen-bond donors (Lipinski definition) is 0. The number of furan rings is 1.